The number of halogens is 3. The highest BCUT2D eigenvalue weighted by molar-refractivity contribution is 6.32. The molecule has 0 bridgehead atoms. The lowest BCUT2D eigenvalue weighted by atomic mass is 10.2. The molecule has 134 valence electrons. The van der Waals surface area contributed by atoms with Crippen molar-refractivity contribution in [2.45, 2.75) is 39.1 Å². The van der Waals surface area contributed by atoms with Crippen LogP contribution in [0.4, 0.5) is 8.78 Å². The van der Waals surface area contributed by atoms with E-state index >= 15 is 0 Å². The van der Waals surface area contributed by atoms with Crippen molar-refractivity contribution in [3.63, 3.8) is 0 Å². The predicted octanol–water partition coefficient (Wildman–Crippen LogP) is 3.81. The first kappa shape index (κ1) is 18.7. The maximum Gasteiger partial charge on any atom is 0.387 e. The molecule has 0 spiro atoms. The van der Waals surface area contributed by atoms with Crippen molar-refractivity contribution in [1.29, 1.82) is 0 Å². The number of methoxy groups -OCH3 is 1. The average molecular weight is 365 g/mol. The summed E-state index contributed by atoms with van der Waals surface area (Å²) in [6.45, 7) is -0.932. The summed E-state index contributed by atoms with van der Waals surface area (Å²) in [5.74, 6) is -0.179. The van der Waals surface area contributed by atoms with Crippen LogP contribution in [0.5, 0.6) is 11.5 Å². The van der Waals surface area contributed by atoms with Crippen LogP contribution in [-0.2, 0) is 20.9 Å². The van der Waals surface area contributed by atoms with Crippen LogP contribution >= 0.6 is 11.6 Å². The molecule has 1 aliphatic carbocycles. The molecule has 1 aliphatic rings. The fourth-order valence-electron chi connectivity index (χ4n) is 1.96. The van der Waals surface area contributed by atoms with Gasteiger partial charge in [0.2, 0.25) is 0 Å². The topological polar surface area (TPSA) is 54.0 Å². The van der Waals surface area contributed by atoms with E-state index in [0.717, 1.165) is 12.8 Å². The number of rotatable bonds is 9. The van der Waals surface area contributed by atoms with Crippen LogP contribution in [-0.4, -0.2) is 32.4 Å². The Morgan fingerprint density at radius 2 is 2.08 bits per heavy atom. The Kier molecular flexibility index (Phi) is 6.62. The van der Waals surface area contributed by atoms with Gasteiger partial charge in [-0.3, -0.25) is 0 Å². The van der Waals surface area contributed by atoms with Crippen LogP contribution < -0.4 is 9.47 Å². The molecular formula is C16H19ClF2O5. The number of hydrogen-bond acceptors (Lipinski definition) is 5. The van der Waals surface area contributed by atoms with Crippen LogP contribution in [0.3, 0.4) is 0 Å². The van der Waals surface area contributed by atoms with Gasteiger partial charge in [-0.05, 0) is 43.4 Å². The summed E-state index contributed by atoms with van der Waals surface area (Å²) >= 11 is 5.92. The fraction of sp³-hybridized carbons (Fsp3) is 0.562. The molecule has 0 amide bonds. The Hall–Kier alpha value is -1.60. The maximum absolute atomic E-state index is 12.4. The fourth-order valence-corrected chi connectivity index (χ4v) is 2.24. The lowest BCUT2D eigenvalue weighted by Crippen LogP contribution is -2.24. The van der Waals surface area contributed by atoms with Gasteiger partial charge in [-0.1, -0.05) is 11.6 Å². The monoisotopic (exact) mass is 364 g/mol. The lowest BCUT2D eigenvalue weighted by molar-refractivity contribution is -0.157. The Bertz CT molecular complexity index is 578. The van der Waals surface area contributed by atoms with Gasteiger partial charge in [0.25, 0.3) is 0 Å². The molecule has 1 saturated carbocycles. The van der Waals surface area contributed by atoms with Crippen LogP contribution in [0.25, 0.3) is 0 Å². The summed E-state index contributed by atoms with van der Waals surface area (Å²) < 4.78 is 44.6. The zero-order valence-electron chi connectivity index (χ0n) is 13.4. The SMILES string of the molecule is COc1cc(COC(=O)C(C)OCC2CC2)cc(Cl)c1OC(F)F. The van der Waals surface area contributed by atoms with E-state index < -0.39 is 18.7 Å². The predicted molar refractivity (Wildman–Crippen MR) is 82.6 cm³/mol. The third-order valence-electron chi connectivity index (χ3n) is 3.49. The molecular weight excluding hydrogens is 346 g/mol. The van der Waals surface area contributed by atoms with Crippen LogP contribution in [0.15, 0.2) is 12.1 Å². The Balaban J connectivity index is 1.93. The number of esters is 1. The Labute approximate surface area is 143 Å². The molecule has 24 heavy (non-hydrogen) atoms. The number of carbonyl (C=O) groups is 1. The van der Waals surface area contributed by atoms with Gasteiger partial charge in [0.1, 0.15) is 6.61 Å². The minimum Gasteiger partial charge on any atom is -0.493 e. The number of alkyl halides is 2. The molecule has 1 aromatic rings. The largest absolute Gasteiger partial charge is 0.493 e. The maximum atomic E-state index is 12.4. The summed E-state index contributed by atoms with van der Waals surface area (Å²) in [6, 6.07) is 2.80. The van der Waals surface area contributed by atoms with Gasteiger partial charge >= 0.3 is 12.6 Å². The van der Waals surface area contributed by atoms with Crippen molar-refractivity contribution in [2.24, 2.45) is 5.92 Å². The number of carbonyl (C=O) groups excluding carboxylic acids is 1. The van der Waals surface area contributed by atoms with E-state index in [1.165, 1.54) is 19.2 Å². The van der Waals surface area contributed by atoms with Gasteiger partial charge in [0.05, 0.1) is 18.7 Å². The quantitative estimate of drug-likeness (QED) is 0.624. The highest BCUT2D eigenvalue weighted by Gasteiger charge is 2.24. The second-order valence-electron chi connectivity index (χ2n) is 5.51. The molecule has 8 heteroatoms. The van der Waals surface area contributed by atoms with E-state index in [9.17, 15) is 13.6 Å². The summed E-state index contributed by atoms with van der Waals surface area (Å²) in [5, 5.41) is -0.0567. The van der Waals surface area contributed by atoms with Crippen LogP contribution in [0, 0.1) is 5.92 Å². The van der Waals surface area contributed by atoms with Gasteiger partial charge < -0.3 is 18.9 Å². The molecule has 0 aromatic heterocycles. The zero-order chi connectivity index (χ0) is 17.7. The number of hydrogen-bond donors (Lipinski definition) is 0. The highest BCUT2D eigenvalue weighted by Crippen LogP contribution is 2.37. The van der Waals surface area contributed by atoms with Gasteiger partial charge in [-0.25, -0.2) is 4.79 Å². The average Bonchev–Trinajstić information content (AvgIpc) is 3.36. The van der Waals surface area contributed by atoms with E-state index in [-0.39, 0.29) is 23.1 Å². The van der Waals surface area contributed by atoms with Crippen molar-refractivity contribution in [3.05, 3.63) is 22.7 Å². The summed E-state index contributed by atoms with van der Waals surface area (Å²) in [7, 11) is 1.30. The van der Waals surface area contributed by atoms with Gasteiger partial charge in [0.15, 0.2) is 17.6 Å². The van der Waals surface area contributed by atoms with Crippen molar-refractivity contribution >= 4 is 17.6 Å². The molecule has 2 rings (SSSR count). The van der Waals surface area contributed by atoms with Crippen molar-refractivity contribution in [3.8, 4) is 11.5 Å². The standard InChI is InChI=1S/C16H19ClF2O5/c1-9(22-7-10-3-4-10)15(20)23-8-11-5-12(17)14(24-16(18)19)13(6-11)21-2/h5-6,9-10,16H,3-4,7-8H2,1-2H3. The van der Waals surface area contributed by atoms with Crippen molar-refractivity contribution < 1.29 is 32.5 Å². The van der Waals surface area contributed by atoms with E-state index in [1.54, 1.807) is 6.92 Å². The van der Waals surface area contributed by atoms with E-state index in [0.29, 0.717) is 18.1 Å². The molecule has 0 saturated heterocycles. The summed E-state index contributed by atoms with van der Waals surface area (Å²) in [4.78, 5) is 11.9. The third kappa shape index (κ3) is 5.49. The first-order valence-corrected chi connectivity index (χ1v) is 7.88. The number of benzene rings is 1. The van der Waals surface area contributed by atoms with E-state index in [1.807, 2.05) is 0 Å². The molecule has 5 nitrogen and oxygen atoms in total. The normalized spacial score (nSPS) is 15.2. The van der Waals surface area contributed by atoms with Crippen LogP contribution in [0.2, 0.25) is 5.02 Å². The molecule has 0 heterocycles. The first-order chi connectivity index (χ1) is 11.4. The third-order valence-corrected chi connectivity index (χ3v) is 3.77. The molecule has 0 aliphatic heterocycles. The molecule has 1 atom stereocenters. The molecule has 0 N–H and O–H groups in total. The second kappa shape index (κ2) is 8.48. The highest BCUT2D eigenvalue weighted by atomic mass is 35.5. The number of ether oxygens (including phenoxy) is 4. The summed E-state index contributed by atoms with van der Waals surface area (Å²) in [6.07, 6.45) is 1.60. The molecule has 1 aromatic carbocycles. The minimum absolute atomic E-state index is 0.0341. The Morgan fingerprint density at radius 1 is 1.38 bits per heavy atom. The summed E-state index contributed by atoms with van der Waals surface area (Å²) in [5.41, 5.74) is 0.487. The minimum atomic E-state index is -3.02. The van der Waals surface area contributed by atoms with Crippen LogP contribution in [0.1, 0.15) is 25.3 Å². The van der Waals surface area contributed by atoms with Crippen molar-refractivity contribution in [2.75, 3.05) is 13.7 Å². The first-order valence-electron chi connectivity index (χ1n) is 7.50. The second-order valence-corrected chi connectivity index (χ2v) is 5.92. The van der Waals surface area contributed by atoms with E-state index in [2.05, 4.69) is 4.74 Å². The van der Waals surface area contributed by atoms with Crippen molar-refractivity contribution in [1.82, 2.24) is 0 Å². The van der Waals surface area contributed by atoms with Gasteiger partial charge in [0, 0.05) is 0 Å². The van der Waals surface area contributed by atoms with Gasteiger partial charge in [-0.15, -0.1) is 0 Å². The van der Waals surface area contributed by atoms with E-state index in [4.69, 9.17) is 25.8 Å². The smallest absolute Gasteiger partial charge is 0.387 e. The molecule has 1 unspecified atom stereocenters. The molecule has 1 fully saturated rings. The Morgan fingerprint density at radius 3 is 2.67 bits per heavy atom. The lowest BCUT2D eigenvalue weighted by Gasteiger charge is -2.15. The molecule has 0 radical (unpaired) electrons. The zero-order valence-corrected chi connectivity index (χ0v) is 14.1. The van der Waals surface area contributed by atoms with Gasteiger partial charge in [-0.2, -0.15) is 8.78 Å².